The van der Waals surface area contributed by atoms with Crippen LogP contribution in [0.5, 0.6) is 0 Å². The van der Waals surface area contributed by atoms with Crippen LogP contribution in [-0.4, -0.2) is 24.9 Å². The monoisotopic (exact) mass is 365 g/mol. The summed E-state index contributed by atoms with van der Waals surface area (Å²) >= 11 is 6.40. The van der Waals surface area contributed by atoms with Crippen molar-refractivity contribution in [3.05, 3.63) is 34.9 Å². The first kappa shape index (κ1) is 19.9. The van der Waals surface area contributed by atoms with Crippen molar-refractivity contribution in [2.45, 2.75) is 57.9 Å². The van der Waals surface area contributed by atoms with Crippen LogP contribution in [0.15, 0.2) is 24.3 Å². The van der Waals surface area contributed by atoms with E-state index >= 15 is 0 Å². The third-order valence-corrected chi connectivity index (χ3v) is 5.27. The number of ketones is 1. The molecule has 138 valence electrons. The number of carbonyl (C=O) groups excluding carboxylic acids is 2. The van der Waals surface area contributed by atoms with Gasteiger partial charge in [0.2, 0.25) is 0 Å². The van der Waals surface area contributed by atoms with Crippen molar-refractivity contribution in [1.82, 2.24) is 5.32 Å². The van der Waals surface area contributed by atoms with Gasteiger partial charge in [-0.3, -0.25) is 9.59 Å². The van der Waals surface area contributed by atoms with Gasteiger partial charge in [0.25, 0.3) is 0 Å². The minimum absolute atomic E-state index is 0.125. The molecule has 2 atom stereocenters. The van der Waals surface area contributed by atoms with Crippen LogP contribution in [0, 0.1) is 5.92 Å². The standard InChI is InChI=1S/C20H28ClNO3/c1-3-25-19(24)15(2)9-8-14-22-20(13-7-6-12-18(20)23)16-10-4-5-11-17(16)21/h4-5,10-11,15,22H,3,6-9,12-14H2,1-2H3. The zero-order valence-electron chi connectivity index (χ0n) is 15.1. The number of halogens is 1. The summed E-state index contributed by atoms with van der Waals surface area (Å²) in [5.74, 6) is -0.0672. The molecular weight excluding hydrogens is 338 g/mol. The molecule has 2 rings (SSSR count). The van der Waals surface area contributed by atoms with Crippen molar-refractivity contribution in [2.24, 2.45) is 5.92 Å². The number of hydrogen-bond donors (Lipinski definition) is 1. The van der Waals surface area contributed by atoms with Crippen LogP contribution in [0.2, 0.25) is 5.02 Å². The molecule has 0 radical (unpaired) electrons. The van der Waals surface area contributed by atoms with Crippen molar-refractivity contribution in [2.75, 3.05) is 13.2 Å². The normalized spacial score (nSPS) is 21.8. The number of esters is 1. The van der Waals surface area contributed by atoms with Gasteiger partial charge in [-0.05, 0) is 50.8 Å². The summed E-state index contributed by atoms with van der Waals surface area (Å²) in [4.78, 5) is 24.5. The lowest BCUT2D eigenvalue weighted by atomic mass is 9.75. The molecule has 1 aliphatic rings. The van der Waals surface area contributed by atoms with Crippen LogP contribution in [0.25, 0.3) is 0 Å². The lowest BCUT2D eigenvalue weighted by Gasteiger charge is -2.38. The van der Waals surface area contributed by atoms with E-state index in [4.69, 9.17) is 16.3 Å². The fraction of sp³-hybridized carbons (Fsp3) is 0.600. The summed E-state index contributed by atoms with van der Waals surface area (Å²) in [5.41, 5.74) is 0.184. The highest BCUT2D eigenvalue weighted by molar-refractivity contribution is 6.31. The van der Waals surface area contributed by atoms with E-state index in [9.17, 15) is 9.59 Å². The lowest BCUT2D eigenvalue weighted by Crippen LogP contribution is -2.51. The van der Waals surface area contributed by atoms with E-state index in [-0.39, 0.29) is 17.7 Å². The van der Waals surface area contributed by atoms with Gasteiger partial charge >= 0.3 is 5.97 Å². The van der Waals surface area contributed by atoms with Gasteiger partial charge in [-0.15, -0.1) is 0 Å². The van der Waals surface area contributed by atoms with Crippen LogP contribution in [0.3, 0.4) is 0 Å². The van der Waals surface area contributed by atoms with Crippen LogP contribution in [-0.2, 0) is 19.9 Å². The second-order valence-electron chi connectivity index (χ2n) is 6.74. The number of nitrogens with one attached hydrogen (secondary N) is 1. The van der Waals surface area contributed by atoms with E-state index in [2.05, 4.69) is 5.32 Å². The van der Waals surface area contributed by atoms with Gasteiger partial charge in [0.15, 0.2) is 5.78 Å². The molecule has 0 bridgehead atoms. The van der Waals surface area contributed by atoms with Gasteiger partial charge in [0.05, 0.1) is 12.5 Å². The minimum Gasteiger partial charge on any atom is -0.466 e. The molecule has 1 N–H and O–H groups in total. The largest absolute Gasteiger partial charge is 0.466 e. The first-order chi connectivity index (χ1) is 12.0. The SMILES string of the molecule is CCOC(=O)C(C)CCCNC1(c2ccccc2Cl)CCCCC1=O. The maximum Gasteiger partial charge on any atom is 0.308 e. The van der Waals surface area contributed by atoms with Gasteiger partial charge in [0, 0.05) is 11.4 Å². The molecule has 0 heterocycles. The average molecular weight is 366 g/mol. The quantitative estimate of drug-likeness (QED) is 0.552. The summed E-state index contributed by atoms with van der Waals surface area (Å²) in [6.45, 7) is 4.77. The molecule has 25 heavy (non-hydrogen) atoms. The van der Waals surface area contributed by atoms with Gasteiger partial charge < -0.3 is 10.1 Å². The van der Waals surface area contributed by atoms with Crippen molar-refractivity contribution < 1.29 is 14.3 Å². The first-order valence-corrected chi connectivity index (χ1v) is 9.59. The zero-order valence-corrected chi connectivity index (χ0v) is 15.9. The molecule has 1 saturated carbocycles. The van der Waals surface area contributed by atoms with E-state index < -0.39 is 5.54 Å². The molecule has 0 spiro atoms. The van der Waals surface area contributed by atoms with E-state index in [0.717, 1.165) is 37.7 Å². The molecular formula is C20H28ClNO3. The number of ether oxygens (including phenoxy) is 1. The Hall–Kier alpha value is -1.39. The molecule has 1 aromatic carbocycles. The summed E-state index contributed by atoms with van der Waals surface area (Å²) in [6.07, 6.45) is 4.83. The Labute approximate surface area is 155 Å². The molecule has 1 aromatic rings. The van der Waals surface area contributed by atoms with Crippen molar-refractivity contribution in [3.8, 4) is 0 Å². The maximum atomic E-state index is 12.8. The van der Waals surface area contributed by atoms with Gasteiger partial charge in [-0.2, -0.15) is 0 Å². The molecule has 5 heteroatoms. The molecule has 0 saturated heterocycles. The smallest absolute Gasteiger partial charge is 0.308 e. The van der Waals surface area contributed by atoms with Gasteiger partial charge in [-0.25, -0.2) is 0 Å². The van der Waals surface area contributed by atoms with Crippen molar-refractivity contribution >= 4 is 23.4 Å². The Morgan fingerprint density at radius 2 is 2.12 bits per heavy atom. The molecule has 0 amide bonds. The number of hydrogen-bond acceptors (Lipinski definition) is 4. The number of Topliss-reactive ketones (excluding diaryl/α,β-unsaturated/α-hetero) is 1. The van der Waals surface area contributed by atoms with E-state index in [1.54, 1.807) is 0 Å². The third kappa shape index (κ3) is 4.83. The first-order valence-electron chi connectivity index (χ1n) is 9.21. The summed E-state index contributed by atoms with van der Waals surface area (Å²) in [7, 11) is 0. The highest BCUT2D eigenvalue weighted by Gasteiger charge is 2.42. The summed E-state index contributed by atoms with van der Waals surface area (Å²) < 4.78 is 5.04. The van der Waals surface area contributed by atoms with Crippen LogP contribution in [0.1, 0.15) is 57.9 Å². The Morgan fingerprint density at radius 3 is 2.80 bits per heavy atom. The van der Waals surface area contributed by atoms with E-state index in [0.29, 0.717) is 24.6 Å². The zero-order chi connectivity index (χ0) is 18.3. The predicted molar refractivity (Wildman–Crippen MR) is 99.6 cm³/mol. The lowest BCUT2D eigenvalue weighted by molar-refractivity contribution is -0.147. The van der Waals surface area contributed by atoms with Gasteiger partial charge in [0.1, 0.15) is 5.54 Å². The Bertz CT molecular complexity index is 604. The summed E-state index contributed by atoms with van der Waals surface area (Å²) in [6, 6.07) is 7.59. The molecule has 1 aliphatic carbocycles. The molecule has 2 unspecified atom stereocenters. The topological polar surface area (TPSA) is 55.4 Å². The highest BCUT2D eigenvalue weighted by atomic mass is 35.5. The molecule has 0 aromatic heterocycles. The fourth-order valence-corrected chi connectivity index (χ4v) is 3.81. The van der Waals surface area contributed by atoms with Gasteiger partial charge in [-0.1, -0.05) is 43.1 Å². The average Bonchev–Trinajstić information content (AvgIpc) is 2.61. The maximum absolute atomic E-state index is 12.8. The second kappa shape index (κ2) is 9.35. The molecule has 1 fully saturated rings. The predicted octanol–water partition coefficient (Wildman–Crippen LogP) is 4.25. The van der Waals surface area contributed by atoms with Crippen LogP contribution >= 0.6 is 11.6 Å². The number of rotatable bonds is 8. The van der Waals surface area contributed by atoms with Crippen LogP contribution < -0.4 is 5.32 Å². The Morgan fingerprint density at radius 1 is 1.36 bits per heavy atom. The Balaban J connectivity index is 2.02. The third-order valence-electron chi connectivity index (χ3n) is 4.94. The number of carbonyl (C=O) groups is 2. The van der Waals surface area contributed by atoms with Crippen molar-refractivity contribution in [1.29, 1.82) is 0 Å². The summed E-state index contributed by atoms with van der Waals surface area (Å²) in [5, 5.41) is 4.11. The highest BCUT2D eigenvalue weighted by Crippen LogP contribution is 2.38. The fourth-order valence-electron chi connectivity index (χ4n) is 3.52. The van der Waals surface area contributed by atoms with E-state index in [1.165, 1.54) is 0 Å². The van der Waals surface area contributed by atoms with Crippen LogP contribution in [0.4, 0.5) is 0 Å². The van der Waals surface area contributed by atoms with Crippen molar-refractivity contribution in [3.63, 3.8) is 0 Å². The molecule has 0 aliphatic heterocycles. The van der Waals surface area contributed by atoms with E-state index in [1.807, 2.05) is 38.1 Å². The second-order valence-corrected chi connectivity index (χ2v) is 7.14. The molecule has 4 nitrogen and oxygen atoms in total. The Kier molecular flexibility index (Phi) is 7.45. The number of benzene rings is 1. The minimum atomic E-state index is -0.691.